The third kappa shape index (κ3) is 1.64. The lowest BCUT2D eigenvalue weighted by molar-refractivity contribution is 0.0389. The first kappa shape index (κ1) is 11.0. The average Bonchev–Trinajstić information content (AvgIpc) is 2.57. The standard InChI is InChI=1S/C12H13BrN2O2/c1-15-7-12(17-11(15)16)4-2-3-10-9(12)5-8(13)6-14-10/h5-6H,2-4,7H2,1H3. The molecule has 1 spiro atoms. The second-order valence-electron chi connectivity index (χ2n) is 4.72. The van der Waals surface area contributed by atoms with Crippen molar-refractivity contribution in [2.75, 3.05) is 13.6 Å². The Morgan fingerprint density at radius 3 is 3.12 bits per heavy atom. The minimum absolute atomic E-state index is 0.238. The summed E-state index contributed by atoms with van der Waals surface area (Å²) in [7, 11) is 1.77. The van der Waals surface area contributed by atoms with Crippen LogP contribution in [0, 0.1) is 0 Å². The molecule has 2 heterocycles. The lowest BCUT2D eigenvalue weighted by atomic mass is 9.81. The fourth-order valence-electron chi connectivity index (χ4n) is 2.73. The highest BCUT2D eigenvalue weighted by Gasteiger charge is 2.47. The van der Waals surface area contributed by atoms with Crippen LogP contribution >= 0.6 is 15.9 Å². The molecule has 5 heteroatoms. The van der Waals surface area contributed by atoms with Crippen molar-refractivity contribution in [1.82, 2.24) is 9.88 Å². The van der Waals surface area contributed by atoms with Gasteiger partial charge in [0.2, 0.25) is 0 Å². The Balaban J connectivity index is 2.10. The minimum atomic E-state index is -0.476. The summed E-state index contributed by atoms with van der Waals surface area (Å²) >= 11 is 3.43. The number of carbonyl (C=O) groups excluding carboxylic acids is 1. The van der Waals surface area contributed by atoms with Crippen LogP contribution in [0.3, 0.4) is 0 Å². The number of nitrogens with zero attached hydrogens (tertiary/aromatic N) is 2. The normalized spacial score (nSPS) is 27.2. The molecule has 0 radical (unpaired) electrons. The van der Waals surface area contributed by atoms with Gasteiger partial charge in [-0.15, -0.1) is 0 Å². The van der Waals surface area contributed by atoms with E-state index in [1.807, 2.05) is 6.07 Å². The maximum absolute atomic E-state index is 11.6. The highest BCUT2D eigenvalue weighted by atomic mass is 79.9. The predicted octanol–water partition coefficient (Wildman–Crippen LogP) is 2.46. The van der Waals surface area contributed by atoms with Crippen molar-refractivity contribution in [3.05, 3.63) is 28.0 Å². The van der Waals surface area contributed by atoms with Gasteiger partial charge in [-0.1, -0.05) is 0 Å². The van der Waals surface area contributed by atoms with E-state index < -0.39 is 5.60 Å². The van der Waals surface area contributed by atoms with Crippen LogP contribution in [0.15, 0.2) is 16.7 Å². The molecule has 1 unspecified atom stereocenters. The summed E-state index contributed by atoms with van der Waals surface area (Å²) in [5, 5.41) is 0. The number of fused-ring (bicyclic) bond motifs is 2. The fourth-order valence-corrected chi connectivity index (χ4v) is 3.06. The lowest BCUT2D eigenvalue weighted by Crippen LogP contribution is -2.35. The van der Waals surface area contributed by atoms with E-state index in [0.717, 1.165) is 35.0 Å². The van der Waals surface area contributed by atoms with Crippen molar-refractivity contribution in [3.63, 3.8) is 0 Å². The van der Waals surface area contributed by atoms with Crippen LogP contribution in [0.5, 0.6) is 0 Å². The second kappa shape index (κ2) is 3.70. The number of halogens is 1. The molecule has 1 aromatic rings. The average molecular weight is 297 g/mol. The smallest absolute Gasteiger partial charge is 0.410 e. The first-order chi connectivity index (χ1) is 8.11. The molecule has 0 N–H and O–H groups in total. The number of amides is 1. The van der Waals surface area contributed by atoms with Crippen molar-refractivity contribution < 1.29 is 9.53 Å². The molecule has 0 bridgehead atoms. The molecule has 1 amide bonds. The molecule has 2 aliphatic rings. The SMILES string of the molecule is CN1CC2(CCCc3ncc(Br)cc32)OC1=O. The molecular formula is C12H13BrN2O2. The number of aromatic nitrogens is 1. The molecule has 3 rings (SSSR count). The summed E-state index contributed by atoms with van der Waals surface area (Å²) in [5.74, 6) is 0. The Labute approximate surface area is 108 Å². The van der Waals surface area contributed by atoms with Gasteiger partial charge >= 0.3 is 6.09 Å². The molecule has 90 valence electrons. The molecule has 1 fully saturated rings. The Hall–Kier alpha value is -1.10. The van der Waals surface area contributed by atoms with Gasteiger partial charge < -0.3 is 9.64 Å². The highest BCUT2D eigenvalue weighted by molar-refractivity contribution is 9.10. The van der Waals surface area contributed by atoms with Crippen molar-refractivity contribution in [2.45, 2.75) is 24.9 Å². The molecule has 0 saturated carbocycles. The summed E-state index contributed by atoms with van der Waals surface area (Å²) in [6.45, 7) is 0.622. The van der Waals surface area contributed by atoms with Crippen molar-refractivity contribution >= 4 is 22.0 Å². The highest BCUT2D eigenvalue weighted by Crippen LogP contribution is 2.42. The van der Waals surface area contributed by atoms with Crippen LogP contribution in [0.4, 0.5) is 4.79 Å². The van der Waals surface area contributed by atoms with E-state index in [9.17, 15) is 4.79 Å². The van der Waals surface area contributed by atoms with Crippen LogP contribution in [-0.2, 0) is 16.8 Å². The Morgan fingerprint density at radius 1 is 1.59 bits per heavy atom. The number of hydrogen-bond donors (Lipinski definition) is 0. The Kier molecular flexibility index (Phi) is 2.40. The number of pyridine rings is 1. The lowest BCUT2D eigenvalue weighted by Gasteiger charge is -2.32. The zero-order valence-electron chi connectivity index (χ0n) is 9.57. The van der Waals surface area contributed by atoms with Crippen molar-refractivity contribution in [1.29, 1.82) is 0 Å². The van der Waals surface area contributed by atoms with Crippen LogP contribution in [0.25, 0.3) is 0 Å². The number of aryl methyl sites for hydroxylation is 1. The summed E-state index contributed by atoms with van der Waals surface area (Å²) in [4.78, 5) is 17.7. The fraction of sp³-hybridized carbons (Fsp3) is 0.500. The van der Waals surface area contributed by atoms with Crippen LogP contribution in [0.1, 0.15) is 24.1 Å². The van der Waals surface area contributed by atoms with E-state index in [1.165, 1.54) is 0 Å². The molecule has 1 saturated heterocycles. The topological polar surface area (TPSA) is 42.4 Å². The van der Waals surface area contributed by atoms with Crippen LogP contribution in [0.2, 0.25) is 0 Å². The molecule has 17 heavy (non-hydrogen) atoms. The molecule has 1 aromatic heterocycles. The van der Waals surface area contributed by atoms with Gasteiger partial charge in [0, 0.05) is 29.0 Å². The second-order valence-corrected chi connectivity index (χ2v) is 5.64. The van der Waals surface area contributed by atoms with Gasteiger partial charge in [0.15, 0.2) is 5.60 Å². The Morgan fingerprint density at radius 2 is 2.41 bits per heavy atom. The molecule has 1 atom stereocenters. The summed E-state index contributed by atoms with van der Waals surface area (Å²) in [6, 6.07) is 2.04. The summed E-state index contributed by atoms with van der Waals surface area (Å²) in [5.41, 5.74) is 1.65. The van der Waals surface area contributed by atoms with Crippen LogP contribution in [-0.4, -0.2) is 29.6 Å². The first-order valence-corrected chi connectivity index (χ1v) is 6.49. The zero-order chi connectivity index (χ0) is 12.0. The van der Waals surface area contributed by atoms with E-state index in [4.69, 9.17) is 4.74 Å². The largest absolute Gasteiger partial charge is 0.436 e. The van der Waals surface area contributed by atoms with Crippen molar-refractivity contribution in [2.24, 2.45) is 0 Å². The summed E-state index contributed by atoms with van der Waals surface area (Å²) < 4.78 is 6.54. The van der Waals surface area contributed by atoms with Gasteiger partial charge in [-0.2, -0.15) is 0 Å². The van der Waals surface area contributed by atoms with Gasteiger partial charge in [-0.05, 0) is 41.3 Å². The van der Waals surface area contributed by atoms with Gasteiger partial charge in [0.1, 0.15) is 0 Å². The van der Waals surface area contributed by atoms with E-state index in [0.29, 0.717) is 6.54 Å². The molecule has 0 aromatic carbocycles. The zero-order valence-corrected chi connectivity index (χ0v) is 11.2. The third-order valence-electron chi connectivity index (χ3n) is 3.51. The molecule has 1 aliphatic heterocycles. The Bertz CT molecular complexity index is 491. The monoisotopic (exact) mass is 296 g/mol. The number of carbonyl (C=O) groups is 1. The number of rotatable bonds is 0. The van der Waals surface area contributed by atoms with Crippen molar-refractivity contribution in [3.8, 4) is 0 Å². The quantitative estimate of drug-likeness (QED) is 0.738. The molecule has 4 nitrogen and oxygen atoms in total. The number of ether oxygens (including phenoxy) is 1. The van der Waals surface area contributed by atoms with Gasteiger partial charge in [-0.3, -0.25) is 4.98 Å². The predicted molar refractivity (Wildman–Crippen MR) is 65.7 cm³/mol. The van der Waals surface area contributed by atoms with Gasteiger partial charge in [-0.25, -0.2) is 4.79 Å². The molecule has 1 aliphatic carbocycles. The number of hydrogen-bond acceptors (Lipinski definition) is 3. The first-order valence-electron chi connectivity index (χ1n) is 5.70. The summed E-state index contributed by atoms with van der Waals surface area (Å²) in [6.07, 6.45) is 4.43. The number of likely N-dealkylation sites (N-methyl/N-ethyl adjacent to an activating group) is 1. The van der Waals surface area contributed by atoms with E-state index in [-0.39, 0.29) is 6.09 Å². The van der Waals surface area contributed by atoms with Gasteiger partial charge in [0.05, 0.1) is 6.54 Å². The minimum Gasteiger partial charge on any atom is -0.436 e. The third-order valence-corrected chi connectivity index (χ3v) is 3.94. The van der Waals surface area contributed by atoms with E-state index in [1.54, 1.807) is 18.1 Å². The van der Waals surface area contributed by atoms with Crippen LogP contribution < -0.4 is 0 Å². The van der Waals surface area contributed by atoms with E-state index >= 15 is 0 Å². The van der Waals surface area contributed by atoms with Gasteiger partial charge in [0.25, 0.3) is 0 Å². The van der Waals surface area contributed by atoms with E-state index in [2.05, 4.69) is 20.9 Å². The maximum atomic E-state index is 11.6. The molecular weight excluding hydrogens is 284 g/mol. The maximum Gasteiger partial charge on any atom is 0.410 e.